The average molecular weight is 134 g/mol. The van der Waals surface area contributed by atoms with Crippen LogP contribution in [0.5, 0.6) is 0 Å². The van der Waals surface area contributed by atoms with Gasteiger partial charge in [-0.1, -0.05) is 0 Å². The number of hydrogen-bond donors (Lipinski definition) is 0. The van der Waals surface area contributed by atoms with Gasteiger partial charge < -0.3 is 5.48 Å². The first kappa shape index (κ1) is 8.82. The number of hydrogen-bond acceptors (Lipinski definition) is 0. The van der Waals surface area contributed by atoms with Crippen molar-refractivity contribution in [1.29, 1.82) is 0 Å². The van der Waals surface area contributed by atoms with Crippen molar-refractivity contribution in [2.45, 2.75) is 0 Å². The first-order valence-corrected chi connectivity index (χ1v) is 3.97. The summed E-state index contributed by atoms with van der Waals surface area (Å²) in [6.07, 6.45) is 0. The second-order valence-corrected chi connectivity index (χ2v) is 3.46. The van der Waals surface area contributed by atoms with Gasteiger partial charge in [-0.05, 0) is 0 Å². The molecule has 0 spiro atoms. The van der Waals surface area contributed by atoms with E-state index in [9.17, 15) is 0 Å². The third kappa shape index (κ3) is 2.97. The Balaban J connectivity index is 0.000000490. The van der Waals surface area contributed by atoms with Crippen LogP contribution in [0.15, 0.2) is 30.3 Å². The van der Waals surface area contributed by atoms with Gasteiger partial charge in [0.25, 0.3) is 0 Å². The molecular weight excluding hydrogens is 127 g/mol. The van der Waals surface area contributed by atoms with Crippen molar-refractivity contribution in [3.63, 3.8) is 0 Å². The quantitative estimate of drug-likeness (QED) is 0.435. The standard InChI is InChI=1S/C6H5.K.H2O/c1-2-4-6-5-3-1;;/h1-5H;;1H2. The molecule has 0 fully saturated rings. The van der Waals surface area contributed by atoms with E-state index in [4.69, 9.17) is 0 Å². The molecule has 2 heteroatoms. The fraction of sp³-hybridized carbons (Fsp3) is 0. The van der Waals surface area contributed by atoms with E-state index in [0.29, 0.717) is 0 Å². The van der Waals surface area contributed by atoms with Crippen LogP contribution in [0.4, 0.5) is 0 Å². The molecule has 1 rings (SSSR count). The van der Waals surface area contributed by atoms with E-state index >= 15 is 0 Å². The summed E-state index contributed by atoms with van der Waals surface area (Å²) in [5.74, 6) is 0. The third-order valence-corrected chi connectivity index (χ3v) is 1.98. The Morgan fingerprint density at radius 3 is 1.75 bits per heavy atom. The second-order valence-electron chi connectivity index (χ2n) is 1.65. The zero-order valence-electron chi connectivity index (χ0n) is 4.89. The Kier molecular flexibility index (Phi) is 5.15. The summed E-state index contributed by atoms with van der Waals surface area (Å²) in [6, 6.07) is 10.6. The van der Waals surface area contributed by atoms with E-state index in [0.717, 1.165) is 49.0 Å². The van der Waals surface area contributed by atoms with Crippen molar-refractivity contribution < 1.29 is 5.48 Å². The van der Waals surface area contributed by atoms with Crippen LogP contribution in [0.1, 0.15) is 0 Å². The molecule has 0 aliphatic rings. The molecular formula is C6H7KO. The summed E-state index contributed by atoms with van der Waals surface area (Å²) in [6.45, 7) is 0. The average Bonchev–Trinajstić information content (AvgIpc) is 1.69. The van der Waals surface area contributed by atoms with E-state index in [1.165, 1.54) is -0.342 Å². The van der Waals surface area contributed by atoms with Crippen molar-refractivity contribution in [2.24, 2.45) is 0 Å². The van der Waals surface area contributed by atoms with Crippen molar-refractivity contribution in [1.82, 2.24) is 0 Å². The van der Waals surface area contributed by atoms with E-state index < -0.39 is 0 Å². The van der Waals surface area contributed by atoms with Gasteiger partial charge in [-0.3, -0.25) is 0 Å². The van der Waals surface area contributed by atoms with Crippen molar-refractivity contribution in [3.05, 3.63) is 30.3 Å². The van der Waals surface area contributed by atoms with Gasteiger partial charge in [-0.2, -0.15) is 0 Å². The molecule has 8 heavy (non-hydrogen) atoms. The van der Waals surface area contributed by atoms with Crippen LogP contribution in [0.2, 0.25) is 0 Å². The summed E-state index contributed by atoms with van der Waals surface area (Å²) < 4.78 is 1.51. The molecule has 0 aliphatic carbocycles. The predicted octanol–water partition coefficient (Wildman–Crippen LogP) is -0.344. The summed E-state index contributed by atoms with van der Waals surface area (Å²) in [5.41, 5.74) is 0. The zero-order valence-corrected chi connectivity index (χ0v) is 8.01. The summed E-state index contributed by atoms with van der Waals surface area (Å²) >= 11 is 0.855. The molecule has 0 radical (unpaired) electrons. The first-order valence-electron chi connectivity index (χ1n) is 2.41. The molecule has 0 aliphatic heterocycles. The van der Waals surface area contributed by atoms with Crippen LogP contribution in [0, 0.1) is 0 Å². The Hall–Kier alpha value is 0.816. The maximum absolute atomic E-state index is 2.17. The van der Waals surface area contributed by atoms with Gasteiger partial charge in [0.2, 0.25) is 0 Å². The van der Waals surface area contributed by atoms with Crippen LogP contribution >= 0.6 is 0 Å². The molecule has 0 saturated carbocycles. The minimum atomic E-state index is 0. The molecule has 0 heterocycles. The molecule has 1 aromatic rings. The molecule has 0 aromatic heterocycles. The van der Waals surface area contributed by atoms with Gasteiger partial charge in [0.05, 0.1) is 0 Å². The molecule has 0 amide bonds. The van der Waals surface area contributed by atoms with Crippen molar-refractivity contribution in [2.75, 3.05) is 0 Å². The summed E-state index contributed by atoms with van der Waals surface area (Å²) in [4.78, 5) is 0. The van der Waals surface area contributed by atoms with Crippen LogP contribution in [-0.4, -0.2) is 54.4 Å². The van der Waals surface area contributed by atoms with E-state index in [1.54, 1.807) is 0 Å². The fourth-order valence-corrected chi connectivity index (χ4v) is 1.14. The molecule has 38 valence electrons. The molecule has 0 atom stereocenters. The molecule has 1 nitrogen and oxygen atoms in total. The topological polar surface area (TPSA) is 31.5 Å². The van der Waals surface area contributed by atoms with Gasteiger partial charge in [-0.15, -0.1) is 0 Å². The molecule has 0 bridgehead atoms. The SMILES string of the molecule is O.[K][c]1ccccc1. The van der Waals surface area contributed by atoms with Crippen LogP contribution in [-0.2, 0) is 0 Å². The van der Waals surface area contributed by atoms with Gasteiger partial charge >= 0.3 is 78.9 Å². The third-order valence-electron chi connectivity index (χ3n) is 0.940. The molecule has 1 aromatic carbocycles. The minimum absolute atomic E-state index is 0. The molecule has 0 unspecified atom stereocenters. The van der Waals surface area contributed by atoms with E-state index in [1.807, 2.05) is 0 Å². The van der Waals surface area contributed by atoms with Crippen LogP contribution in [0.25, 0.3) is 0 Å². The second kappa shape index (κ2) is 4.67. The fourth-order valence-electron chi connectivity index (χ4n) is 0.534. The van der Waals surface area contributed by atoms with Crippen LogP contribution < -0.4 is -0.342 Å². The normalized spacial score (nSPS) is 7.75. The van der Waals surface area contributed by atoms with Gasteiger partial charge in [0.1, 0.15) is 0 Å². The maximum atomic E-state index is 2.17. The first-order chi connectivity index (χ1) is 3.39. The monoisotopic (exact) mass is 134 g/mol. The molecule has 0 saturated heterocycles. The zero-order chi connectivity index (χ0) is 5.11. The number of rotatable bonds is 0. The Morgan fingerprint density at radius 1 is 1.00 bits per heavy atom. The van der Waals surface area contributed by atoms with Gasteiger partial charge in [-0.25, -0.2) is 0 Å². The molecule has 2 N–H and O–H groups in total. The van der Waals surface area contributed by atoms with Crippen molar-refractivity contribution >= 4 is 48.6 Å². The van der Waals surface area contributed by atoms with E-state index in [-0.39, 0.29) is 5.48 Å². The van der Waals surface area contributed by atoms with Crippen LogP contribution in [0.3, 0.4) is 0 Å². The Labute approximate surface area is 83.0 Å². The Bertz CT molecular complexity index is 138. The van der Waals surface area contributed by atoms with Crippen molar-refractivity contribution in [3.8, 4) is 0 Å². The van der Waals surface area contributed by atoms with Gasteiger partial charge in [0.15, 0.2) is 0 Å². The predicted molar refractivity (Wildman–Crippen MR) is 35.4 cm³/mol. The summed E-state index contributed by atoms with van der Waals surface area (Å²) in [7, 11) is 0. The van der Waals surface area contributed by atoms with Gasteiger partial charge in [0, 0.05) is 0 Å². The van der Waals surface area contributed by atoms with E-state index in [2.05, 4.69) is 30.3 Å². The summed E-state index contributed by atoms with van der Waals surface area (Å²) in [5, 5.41) is 0. The Morgan fingerprint density at radius 2 is 1.50 bits per heavy atom. The number of benzene rings is 1.